The Morgan fingerprint density at radius 2 is 2.31 bits per heavy atom. The van der Waals surface area contributed by atoms with Gasteiger partial charge in [-0.15, -0.1) is 0 Å². The summed E-state index contributed by atoms with van der Waals surface area (Å²) in [6, 6.07) is 4.12. The quantitative estimate of drug-likeness (QED) is 0.872. The minimum absolute atomic E-state index is 0.482. The van der Waals surface area contributed by atoms with Crippen molar-refractivity contribution in [2.75, 3.05) is 6.61 Å². The van der Waals surface area contributed by atoms with Crippen LogP contribution in [0.15, 0.2) is 22.7 Å². The second-order valence-electron chi connectivity index (χ2n) is 3.35. The van der Waals surface area contributed by atoms with Gasteiger partial charge >= 0.3 is 5.97 Å². The molecule has 0 fully saturated rings. The summed E-state index contributed by atoms with van der Waals surface area (Å²) in [6.45, 7) is 2.52. The minimum Gasteiger partial charge on any atom is -0.493 e. The number of carbonyl (C=O) groups is 1. The Labute approximate surface area is 103 Å². The predicted octanol–water partition coefficient (Wildman–Crippen LogP) is 2.32. The van der Waals surface area contributed by atoms with Crippen molar-refractivity contribution in [1.82, 2.24) is 0 Å². The smallest absolute Gasteiger partial charge is 0.325 e. The summed E-state index contributed by atoms with van der Waals surface area (Å²) in [4.78, 5) is 10.8. The van der Waals surface area contributed by atoms with E-state index in [1.54, 1.807) is 18.2 Å². The molecule has 0 bridgehead atoms. The van der Waals surface area contributed by atoms with Crippen LogP contribution in [0.1, 0.15) is 24.9 Å². The minimum atomic E-state index is -1.07. The maximum absolute atomic E-state index is 10.8. The highest BCUT2D eigenvalue weighted by Crippen LogP contribution is 2.27. The number of rotatable bonds is 5. The topological polar surface area (TPSA) is 72.5 Å². The third-order valence-electron chi connectivity index (χ3n) is 2.03. The molecule has 0 radical (unpaired) electrons. The molecule has 1 aromatic carbocycles. The molecule has 0 aliphatic heterocycles. The van der Waals surface area contributed by atoms with Crippen LogP contribution in [0.2, 0.25) is 0 Å². The van der Waals surface area contributed by atoms with Crippen molar-refractivity contribution >= 4 is 21.9 Å². The molecule has 3 N–H and O–H groups in total. The van der Waals surface area contributed by atoms with E-state index in [2.05, 4.69) is 15.9 Å². The molecule has 0 aliphatic carbocycles. The zero-order chi connectivity index (χ0) is 12.1. The van der Waals surface area contributed by atoms with Gasteiger partial charge in [0.1, 0.15) is 11.8 Å². The van der Waals surface area contributed by atoms with Gasteiger partial charge < -0.3 is 15.6 Å². The lowest BCUT2D eigenvalue weighted by molar-refractivity contribution is -0.138. The fraction of sp³-hybridized carbons (Fsp3) is 0.364. The number of benzene rings is 1. The monoisotopic (exact) mass is 287 g/mol. The molecule has 88 valence electrons. The third kappa shape index (κ3) is 3.21. The van der Waals surface area contributed by atoms with Gasteiger partial charge in [-0.25, -0.2) is 0 Å². The van der Waals surface area contributed by atoms with Gasteiger partial charge in [-0.1, -0.05) is 22.9 Å². The van der Waals surface area contributed by atoms with Crippen LogP contribution >= 0.6 is 15.9 Å². The molecular formula is C11H14BrNO3. The zero-order valence-corrected chi connectivity index (χ0v) is 10.5. The lowest BCUT2D eigenvalue weighted by Gasteiger charge is -2.14. The maximum Gasteiger partial charge on any atom is 0.325 e. The number of nitrogens with two attached hydrogens (primary N) is 1. The molecule has 1 aromatic rings. The van der Waals surface area contributed by atoms with Gasteiger partial charge in [0.05, 0.1) is 6.61 Å². The van der Waals surface area contributed by atoms with Gasteiger partial charge in [0.15, 0.2) is 0 Å². The highest BCUT2D eigenvalue weighted by Gasteiger charge is 2.19. The van der Waals surface area contributed by atoms with Crippen molar-refractivity contribution in [3.05, 3.63) is 28.2 Å². The Morgan fingerprint density at radius 3 is 2.88 bits per heavy atom. The third-order valence-corrected chi connectivity index (χ3v) is 2.53. The first-order valence-corrected chi connectivity index (χ1v) is 5.76. The molecule has 1 atom stereocenters. The fourth-order valence-corrected chi connectivity index (χ4v) is 1.62. The second kappa shape index (κ2) is 5.86. The van der Waals surface area contributed by atoms with Gasteiger partial charge in [-0.3, -0.25) is 4.79 Å². The summed E-state index contributed by atoms with van der Waals surface area (Å²) in [6.07, 6.45) is 0.859. The van der Waals surface area contributed by atoms with E-state index in [0.29, 0.717) is 17.9 Å². The molecule has 0 aliphatic rings. The van der Waals surface area contributed by atoms with Gasteiger partial charge in [0.25, 0.3) is 0 Å². The molecule has 0 amide bonds. The van der Waals surface area contributed by atoms with Crippen LogP contribution < -0.4 is 10.5 Å². The van der Waals surface area contributed by atoms with Crippen molar-refractivity contribution in [2.24, 2.45) is 5.73 Å². The Bertz CT molecular complexity index is 381. The van der Waals surface area contributed by atoms with Crippen molar-refractivity contribution in [2.45, 2.75) is 19.4 Å². The molecule has 0 unspecified atom stereocenters. The number of hydrogen-bond acceptors (Lipinski definition) is 3. The van der Waals surface area contributed by atoms with E-state index in [1.165, 1.54) is 0 Å². The normalized spacial score (nSPS) is 12.2. The summed E-state index contributed by atoms with van der Waals surface area (Å²) in [5, 5.41) is 8.88. The number of carboxylic acids is 1. The summed E-state index contributed by atoms with van der Waals surface area (Å²) in [5.74, 6) is -0.542. The van der Waals surface area contributed by atoms with Crippen LogP contribution in [0, 0.1) is 0 Å². The van der Waals surface area contributed by atoms with Crippen LogP contribution in [0.5, 0.6) is 5.75 Å². The number of halogens is 1. The molecule has 0 spiro atoms. The van der Waals surface area contributed by atoms with Crippen LogP contribution in [-0.4, -0.2) is 17.7 Å². The summed E-state index contributed by atoms with van der Waals surface area (Å²) < 4.78 is 6.23. The van der Waals surface area contributed by atoms with E-state index in [0.717, 1.165) is 10.9 Å². The summed E-state index contributed by atoms with van der Waals surface area (Å²) >= 11 is 3.28. The lowest BCUT2D eigenvalue weighted by atomic mass is 10.1. The first kappa shape index (κ1) is 13.0. The number of aliphatic carboxylic acids is 1. The van der Waals surface area contributed by atoms with Gasteiger partial charge in [0.2, 0.25) is 0 Å². The Hall–Kier alpha value is -1.07. The average Bonchev–Trinajstić information content (AvgIpc) is 2.26. The first-order valence-electron chi connectivity index (χ1n) is 4.97. The number of carboxylic acid groups (broad SMARTS) is 1. The fourth-order valence-electron chi connectivity index (χ4n) is 1.24. The highest BCUT2D eigenvalue weighted by molar-refractivity contribution is 9.10. The van der Waals surface area contributed by atoms with E-state index >= 15 is 0 Å². The SMILES string of the molecule is CCCOc1ccc(Br)cc1[C@H](N)C(=O)O. The van der Waals surface area contributed by atoms with Gasteiger partial charge in [0, 0.05) is 10.0 Å². The number of hydrogen-bond donors (Lipinski definition) is 2. The van der Waals surface area contributed by atoms with Gasteiger partial charge in [-0.2, -0.15) is 0 Å². The molecule has 5 heteroatoms. The second-order valence-corrected chi connectivity index (χ2v) is 4.26. The zero-order valence-electron chi connectivity index (χ0n) is 8.94. The largest absolute Gasteiger partial charge is 0.493 e. The van der Waals surface area contributed by atoms with Gasteiger partial charge in [-0.05, 0) is 24.6 Å². The van der Waals surface area contributed by atoms with Crippen LogP contribution in [0.4, 0.5) is 0 Å². The molecule has 16 heavy (non-hydrogen) atoms. The Morgan fingerprint density at radius 1 is 1.62 bits per heavy atom. The highest BCUT2D eigenvalue weighted by atomic mass is 79.9. The van der Waals surface area contributed by atoms with E-state index < -0.39 is 12.0 Å². The van der Waals surface area contributed by atoms with E-state index in [1.807, 2.05) is 6.92 Å². The average molecular weight is 288 g/mol. The molecular weight excluding hydrogens is 274 g/mol. The van der Waals surface area contributed by atoms with E-state index in [-0.39, 0.29) is 0 Å². The van der Waals surface area contributed by atoms with Crippen molar-refractivity contribution < 1.29 is 14.6 Å². The molecule has 0 aromatic heterocycles. The van der Waals surface area contributed by atoms with Crippen molar-refractivity contribution in [3.63, 3.8) is 0 Å². The Kier molecular flexibility index (Phi) is 4.76. The molecule has 0 saturated heterocycles. The Balaban J connectivity index is 3.02. The maximum atomic E-state index is 10.8. The van der Waals surface area contributed by atoms with E-state index in [4.69, 9.17) is 15.6 Å². The van der Waals surface area contributed by atoms with Crippen LogP contribution in [0.3, 0.4) is 0 Å². The molecule has 1 rings (SSSR count). The molecule has 0 saturated carbocycles. The standard InChI is InChI=1S/C11H14BrNO3/c1-2-5-16-9-4-3-7(12)6-8(9)10(13)11(14)15/h3-4,6,10H,2,5,13H2,1H3,(H,14,15)/t10-/m0/s1. The summed E-state index contributed by atoms with van der Waals surface area (Å²) in [7, 11) is 0. The van der Waals surface area contributed by atoms with E-state index in [9.17, 15) is 4.79 Å². The molecule has 0 heterocycles. The molecule has 4 nitrogen and oxygen atoms in total. The predicted molar refractivity (Wildman–Crippen MR) is 64.5 cm³/mol. The van der Waals surface area contributed by atoms with Crippen LogP contribution in [-0.2, 0) is 4.79 Å². The van der Waals surface area contributed by atoms with Crippen LogP contribution in [0.25, 0.3) is 0 Å². The first-order chi connectivity index (χ1) is 7.56. The summed E-state index contributed by atoms with van der Waals surface area (Å²) in [5.41, 5.74) is 6.06. The van der Waals surface area contributed by atoms with Crippen molar-refractivity contribution in [3.8, 4) is 5.75 Å². The number of ether oxygens (including phenoxy) is 1. The lowest BCUT2D eigenvalue weighted by Crippen LogP contribution is -2.21. The van der Waals surface area contributed by atoms with Crippen molar-refractivity contribution in [1.29, 1.82) is 0 Å².